The van der Waals surface area contributed by atoms with E-state index in [1.807, 2.05) is 36.5 Å². The van der Waals surface area contributed by atoms with Crippen molar-refractivity contribution in [2.75, 3.05) is 6.61 Å². The Bertz CT molecular complexity index is 622. The molecule has 1 aromatic heterocycles. The molecule has 6 heteroatoms. The second-order valence-corrected chi connectivity index (χ2v) is 5.66. The van der Waals surface area contributed by atoms with Crippen LogP contribution in [0.3, 0.4) is 0 Å². The molecule has 116 valence electrons. The molecular weight excluding hydrogens is 280 g/mol. The van der Waals surface area contributed by atoms with Gasteiger partial charge in [-0.05, 0) is 24.8 Å². The second kappa shape index (κ2) is 6.70. The van der Waals surface area contributed by atoms with Gasteiger partial charge < -0.3 is 10.4 Å². The highest BCUT2D eigenvalue weighted by Crippen LogP contribution is 2.38. The number of carbonyl (C=O) groups is 1. The Balaban J connectivity index is 1.60. The number of aliphatic hydroxyl groups is 1. The molecule has 0 spiro atoms. The van der Waals surface area contributed by atoms with Gasteiger partial charge in [-0.1, -0.05) is 35.5 Å². The fraction of sp³-hybridized carbons (Fsp3) is 0.438. The van der Waals surface area contributed by atoms with Gasteiger partial charge in [-0.3, -0.25) is 4.79 Å². The molecule has 22 heavy (non-hydrogen) atoms. The topological polar surface area (TPSA) is 80.0 Å². The zero-order valence-electron chi connectivity index (χ0n) is 12.4. The van der Waals surface area contributed by atoms with Crippen LogP contribution in [0, 0.1) is 0 Å². The number of hydrogen-bond acceptors (Lipinski definition) is 4. The van der Waals surface area contributed by atoms with Crippen LogP contribution in [0.4, 0.5) is 0 Å². The summed E-state index contributed by atoms with van der Waals surface area (Å²) in [5, 5.41) is 20.2. The third kappa shape index (κ3) is 3.71. The molecule has 0 radical (unpaired) electrons. The van der Waals surface area contributed by atoms with Crippen molar-refractivity contribution in [2.24, 2.45) is 0 Å². The lowest BCUT2D eigenvalue weighted by Crippen LogP contribution is -2.32. The maximum Gasteiger partial charge on any atom is 0.242 e. The monoisotopic (exact) mass is 300 g/mol. The summed E-state index contributed by atoms with van der Waals surface area (Å²) in [5.41, 5.74) is 1.96. The summed E-state index contributed by atoms with van der Waals surface area (Å²) in [7, 11) is 0. The first-order valence-electron chi connectivity index (χ1n) is 7.61. The van der Waals surface area contributed by atoms with Crippen LogP contribution in [0.1, 0.15) is 42.5 Å². The molecule has 0 bridgehead atoms. The number of nitrogens with one attached hydrogen (secondary N) is 1. The Kier molecular flexibility index (Phi) is 4.48. The summed E-state index contributed by atoms with van der Waals surface area (Å²) in [6.07, 6.45) is 4.66. The lowest BCUT2D eigenvalue weighted by Gasteiger charge is -2.18. The molecule has 3 rings (SSSR count). The van der Waals surface area contributed by atoms with Crippen LogP contribution in [0.5, 0.6) is 0 Å². The van der Waals surface area contributed by atoms with Crippen molar-refractivity contribution < 1.29 is 9.90 Å². The average molecular weight is 300 g/mol. The van der Waals surface area contributed by atoms with Crippen molar-refractivity contribution in [2.45, 2.75) is 37.8 Å². The maximum absolute atomic E-state index is 12.2. The number of aromatic nitrogens is 3. The highest BCUT2D eigenvalue weighted by atomic mass is 16.3. The van der Waals surface area contributed by atoms with E-state index in [1.54, 1.807) is 4.68 Å². The van der Waals surface area contributed by atoms with Crippen molar-refractivity contribution in [1.29, 1.82) is 0 Å². The van der Waals surface area contributed by atoms with Crippen molar-refractivity contribution in [1.82, 2.24) is 20.3 Å². The Morgan fingerprint density at radius 3 is 2.82 bits per heavy atom. The number of benzene rings is 1. The molecule has 6 nitrogen and oxygen atoms in total. The fourth-order valence-electron chi connectivity index (χ4n) is 2.48. The Morgan fingerprint density at radius 2 is 2.14 bits per heavy atom. The quantitative estimate of drug-likeness (QED) is 0.810. The number of amides is 1. The minimum absolute atomic E-state index is 0.0228. The van der Waals surface area contributed by atoms with Crippen molar-refractivity contribution in [3.63, 3.8) is 0 Å². The van der Waals surface area contributed by atoms with Crippen LogP contribution in [-0.4, -0.2) is 32.6 Å². The molecule has 1 atom stereocenters. The van der Waals surface area contributed by atoms with Gasteiger partial charge in [-0.25, -0.2) is 4.68 Å². The summed E-state index contributed by atoms with van der Waals surface area (Å²) in [6, 6.07) is 9.47. The van der Waals surface area contributed by atoms with Gasteiger partial charge in [0.1, 0.15) is 6.54 Å². The van der Waals surface area contributed by atoms with Gasteiger partial charge in [0.25, 0.3) is 0 Å². The lowest BCUT2D eigenvalue weighted by atomic mass is 10.0. The van der Waals surface area contributed by atoms with E-state index in [1.165, 1.54) is 0 Å². The fourth-order valence-corrected chi connectivity index (χ4v) is 2.48. The molecule has 1 unspecified atom stereocenters. The van der Waals surface area contributed by atoms with E-state index in [0.717, 1.165) is 24.1 Å². The van der Waals surface area contributed by atoms with E-state index in [4.69, 9.17) is 0 Å². The molecule has 2 aromatic rings. The molecule has 1 aliphatic rings. The van der Waals surface area contributed by atoms with E-state index in [9.17, 15) is 9.90 Å². The minimum Gasteiger partial charge on any atom is -0.396 e. The largest absolute Gasteiger partial charge is 0.396 e. The zero-order valence-corrected chi connectivity index (χ0v) is 12.4. The number of rotatable bonds is 7. The molecule has 1 heterocycles. The second-order valence-electron chi connectivity index (χ2n) is 5.66. The smallest absolute Gasteiger partial charge is 0.242 e. The number of nitrogens with zero attached hydrogens (tertiary/aromatic N) is 3. The normalized spacial score (nSPS) is 15.5. The molecule has 1 aliphatic carbocycles. The van der Waals surface area contributed by atoms with Crippen LogP contribution < -0.4 is 5.32 Å². The molecule has 1 fully saturated rings. The predicted octanol–water partition coefficient (Wildman–Crippen LogP) is 1.40. The van der Waals surface area contributed by atoms with Crippen molar-refractivity contribution in [3.8, 4) is 0 Å². The molecular formula is C16H20N4O2. The first kappa shape index (κ1) is 14.7. The summed E-state index contributed by atoms with van der Waals surface area (Å²) in [5.74, 6) is 0.401. The molecule has 1 saturated carbocycles. The molecule has 1 aromatic carbocycles. The predicted molar refractivity (Wildman–Crippen MR) is 81.0 cm³/mol. The van der Waals surface area contributed by atoms with Gasteiger partial charge in [0.05, 0.1) is 11.7 Å². The number of hydrogen-bond donors (Lipinski definition) is 2. The van der Waals surface area contributed by atoms with E-state index >= 15 is 0 Å². The maximum atomic E-state index is 12.2. The zero-order chi connectivity index (χ0) is 15.4. The first-order chi connectivity index (χ1) is 10.8. The number of aliphatic hydroxyl groups excluding tert-OH is 1. The summed E-state index contributed by atoms with van der Waals surface area (Å²) in [6.45, 7) is 0.170. The van der Waals surface area contributed by atoms with Crippen molar-refractivity contribution in [3.05, 3.63) is 47.8 Å². The minimum atomic E-state index is -0.190. The summed E-state index contributed by atoms with van der Waals surface area (Å²) < 4.78 is 1.57. The lowest BCUT2D eigenvalue weighted by molar-refractivity contribution is -0.122. The van der Waals surface area contributed by atoms with Crippen molar-refractivity contribution >= 4 is 5.91 Å². The third-order valence-electron chi connectivity index (χ3n) is 3.81. The number of carbonyl (C=O) groups excluding carboxylic acids is 1. The van der Waals surface area contributed by atoms with Crippen LogP contribution in [-0.2, 0) is 11.3 Å². The van der Waals surface area contributed by atoms with E-state index in [-0.39, 0.29) is 25.1 Å². The van der Waals surface area contributed by atoms with Crippen LogP contribution >= 0.6 is 0 Å². The van der Waals surface area contributed by atoms with Crippen LogP contribution in [0.15, 0.2) is 36.5 Å². The van der Waals surface area contributed by atoms with Gasteiger partial charge >= 0.3 is 0 Å². The van der Waals surface area contributed by atoms with Gasteiger partial charge in [-0.2, -0.15) is 0 Å². The SMILES string of the molecule is O=C(Cn1cc(C2CC2)nn1)NC(CCO)c1ccccc1. The Hall–Kier alpha value is -2.21. The Labute approximate surface area is 129 Å². The van der Waals surface area contributed by atoms with Crippen LogP contribution in [0.25, 0.3) is 0 Å². The molecule has 0 saturated heterocycles. The van der Waals surface area contributed by atoms with E-state index in [2.05, 4.69) is 15.6 Å². The Morgan fingerprint density at radius 1 is 1.36 bits per heavy atom. The van der Waals surface area contributed by atoms with E-state index < -0.39 is 0 Å². The van der Waals surface area contributed by atoms with Gasteiger partial charge in [0, 0.05) is 18.7 Å². The highest BCUT2D eigenvalue weighted by molar-refractivity contribution is 5.76. The van der Waals surface area contributed by atoms with Crippen LogP contribution in [0.2, 0.25) is 0 Å². The van der Waals surface area contributed by atoms with Gasteiger partial charge in [-0.15, -0.1) is 5.10 Å². The molecule has 0 aliphatic heterocycles. The standard InChI is InChI=1S/C16H20N4O2/c21-9-8-14(12-4-2-1-3-5-12)17-16(22)11-20-10-15(18-19-20)13-6-7-13/h1-5,10,13-14,21H,6-9,11H2,(H,17,22). The van der Waals surface area contributed by atoms with Gasteiger partial charge in [0.15, 0.2) is 0 Å². The molecule has 1 amide bonds. The average Bonchev–Trinajstić information content (AvgIpc) is 3.28. The molecule has 2 N–H and O–H groups in total. The van der Waals surface area contributed by atoms with Gasteiger partial charge in [0.2, 0.25) is 5.91 Å². The third-order valence-corrected chi connectivity index (χ3v) is 3.81. The van der Waals surface area contributed by atoms with E-state index in [0.29, 0.717) is 12.3 Å². The summed E-state index contributed by atoms with van der Waals surface area (Å²) in [4.78, 5) is 12.2. The summed E-state index contributed by atoms with van der Waals surface area (Å²) >= 11 is 0. The first-order valence-corrected chi connectivity index (χ1v) is 7.61. The highest BCUT2D eigenvalue weighted by Gasteiger charge is 2.26.